The number of nitrogens with one attached hydrogen (secondary N) is 1. The van der Waals surface area contributed by atoms with E-state index in [0.717, 1.165) is 18.2 Å². The molecule has 0 radical (unpaired) electrons. The molecule has 0 saturated heterocycles. The number of anilines is 1. The largest absolute Gasteiger partial charge is 0.276 e. The maximum atomic E-state index is 13.6. The summed E-state index contributed by atoms with van der Waals surface area (Å²) in [4.78, 5) is 9.70. The second-order valence-electron chi connectivity index (χ2n) is 3.98. The highest BCUT2D eigenvalue weighted by molar-refractivity contribution is 7.92. The highest BCUT2D eigenvalue weighted by Crippen LogP contribution is 2.24. The van der Waals surface area contributed by atoms with Crippen LogP contribution in [0.5, 0.6) is 0 Å². The number of sulfonamides is 1. The standard InChI is InChI=1S/C12H8ClFN2O4S/c13-8-2-1-3-10(6-8)21(19,20)15-12-7-9(16(17)18)4-5-11(12)14/h1-7,15H. The minimum Gasteiger partial charge on any atom is -0.276 e. The quantitative estimate of drug-likeness (QED) is 0.688. The molecule has 0 aromatic heterocycles. The van der Waals surface area contributed by atoms with Crippen LogP contribution in [0, 0.1) is 15.9 Å². The predicted molar refractivity (Wildman–Crippen MR) is 75.3 cm³/mol. The van der Waals surface area contributed by atoms with Gasteiger partial charge in [0.2, 0.25) is 0 Å². The molecule has 2 aromatic carbocycles. The van der Waals surface area contributed by atoms with Crippen molar-refractivity contribution in [2.45, 2.75) is 4.90 Å². The summed E-state index contributed by atoms with van der Waals surface area (Å²) >= 11 is 5.70. The number of nitrogens with zero attached hydrogens (tertiary/aromatic N) is 1. The normalized spacial score (nSPS) is 11.1. The van der Waals surface area contributed by atoms with Crippen LogP contribution in [0.3, 0.4) is 0 Å². The molecular weight excluding hydrogens is 323 g/mol. The molecule has 1 N–H and O–H groups in total. The molecule has 0 heterocycles. The maximum Gasteiger partial charge on any atom is 0.271 e. The number of hydrogen-bond donors (Lipinski definition) is 1. The average Bonchev–Trinajstić information content (AvgIpc) is 2.41. The molecular formula is C12H8ClFN2O4S. The van der Waals surface area contributed by atoms with Crippen LogP contribution in [0.25, 0.3) is 0 Å². The van der Waals surface area contributed by atoms with Crippen LogP contribution in [0.1, 0.15) is 0 Å². The lowest BCUT2D eigenvalue weighted by atomic mass is 10.3. The van der Waals surface area contributed by atoms with E-state index in [2.05, 4.69) is 0 Å². The molecule has 0 bridgehead atoms. The van der Waals surface area contributed by atoms with Crippen LogP contribution in [0.15, 0.2) is 47.4 Å². The topological polar surface area (TPSA) is 89.3 Å². The molecule has 0 unspecified atom stereocenters. The molecule has 0 aliphatic carbocycles. The van der Waals surface area contributed by atoms with Gasteiger partial charge < -0.3 is 0 Å². The summed E-state index contributed by atoms with van der Waals surface area (Å²) in [6.07, 6.45) is 0. The van der Waals surface area contributed by atoms with E-state index in [-0.39, 0.29) is 9.92 Å². The number of rotatable bonds is 4. The molecule has 9 heteroatoms. The Bertz CT molecular complexity index is 811. The van der Waals surface area contributed by atoms with E-state index in [9.17, 15) is 22.9 Å². The number of nitro benzene ring substituents is 1. The van der Waals surface area contributed by atoms with Crippen LogP contribution in [-0.4, -0.2) is 13.3 Å². The van der Waals surface area contributed by atoms with Gasteiger partial charge in [-0.05, 0) is 24.3 Å². The van der Waals surface area contributed by atoms with E-state index in [0.29, 0.717) is 0 Å². The third-order valence-corrected chi connectivity index (χ3v) is 4.11. The monoisotopic (exact) mass is 330 g/mol. The van der Waals surface area contributed by atoms with Crippen molar-refractivity contribution in [3.63, 3.8) is 0 Å². The van der Waals surface area contributed by atoms with E-state index in [1.54, 1.807) is 0 Å². The number of nitro groups is 1. The van der Waals surface area contributed by atoms with Gasteiger partial charge in [0.1, 0.15) is 5.82 Å². The summed E-state index contributed by atoms with van der Waals surface area (Å²) in [5, 5.41) is 10.8. The van der Waals surface area contributed by atoms with Crippen LogP contribution >= 0.6 is 11.6 Å². The fraction of sp³-hybridized carbons (Fsp3) is 0. The minimum absolute atomic E-state index is 0.180. The summed E-state index contributed by atoms with van der Waals surface area (Å²) in [5.74, 6) is -0.925. The van der Waals surface area contributed by atoms with Gasteiger partial charge in [0.25, 0.3) is 15.7 Å². The Labute approximate surface area is 124 Å². The van der Waals surface area contributed by atoms with Gasteiger partial charge in [-0.15, -0.1) is 0 Å². The third kappa shape index (κ3) is 3.47. The van der Waals surface area contributed by atoms with E-state index in [1.165, 1.54) is 24.3 Å². The molecule has 2 rings (SSSR count). The number of halogens is 2. The fourth-order valence-corrected chi connectivity index (χ4v) is 2.90. The van der Waals surface area contributed by atoms with Gasteiger partial charge in [-0.3, -0.25) is 14.8 Å². The zero-order chi connectivity index (χ0) is 15.6. The zero-order valence-corrected chi connectivity index (χ0v) is 11.9. The Morgan fingerprint density at radius 3 is 2.52 bits per heavy atom. The first-order chi connectivity index (χ1) is 9.79. The van der Waals surface area contributed by atoms with Gasteiger partial charge in [-0.1, -0.05) is 17.7 Å². The lowest BCUT2D eigenvalue weighted by molar-refractivity contribution is -0.384. The van der Waals surface area contributed by atoms with Crippen LogP contribution in [0.2, 0.25) is 5.02 Å². The second kappa shape index (κ2) is 5.66. The van der Waals surface area contributed by atoms with Crippen molar-refractivity contribution in [3.8, 4) is 0 Å². The Morgan fingerprint density at radius 2 is 1.90 bits per heavy atom. The Hall–Kier alpha value is -2.19. The predicted octanol–water partition coefficient (Wildman–Crippen LogP) is 3.19. The van der Waals surface area contributed by atoms with Gasteiger partial charge in [0.05, 0.1) is 15.5 Å². The molecule has 0 spiro atoms. The number of benzene rings is 2. The summed E-state index contributed by atoms with van der Waals surface area (Å²) < 4.78 is 39.7. The SMILES string of the molecule is O=[N+]([O-])c1ccc(F)c(NS(=O)(=O)c2cccc(Cl)c2)c1. The summed E-state index contributed by atoms with van der Waals surface area (Å²) in [6.45, 7) is 0. The van der Waals surface area contributed by atoms with Crippen molar-refractivity contribution in [3.05, 3.63) is 63.4 Å². The molecule has 2 aromatic rings. The Morgan fingerprint density at radius 1 is 1.19 bits per heavy atom. The zero-order valence-electron chi connectivity index (χ0n) is 10.3. The molecule has 0 saturated carbocycles. The van der Waals surface area contributed by atoms with Crippen molar-refractivity contribution in [1.82, 2.24) is 0 Å². The van der Waals surface area contributed by atoms with Crippen LogP contribution in [-0.2, 0) is 10.0 Å². The van der Waals surface area contributed by atoms with Crippen LogP contribution < -0.4 is 4.72 Å². The molecule has 0 amide bonds. The maximum absolute atomic E-state index is 13.6. The molecule has 0 aliphatic heterocycles. The first-order valence-electron chi connectivity index (χ1n) is 5.52. The molecule has 110 valence electrons. The molecule has 0 atom stereocenters. The van der Waals surface area contributed by atoms with Gasteiger partial charge in [-0.25, -0.2) is 12.8 Å². The lowest BCUT2D eigenvalue weighted by Crippen LogP contribution is -2.14. The van der Waals surface area contributed by atoms with Gasteiger partial charge in [-0.2, -0.15) is 0 Å². The fourth-order valence-electron chi connectivity index (χ4n) is 1.54. The van der Waals surface area contributed by atoms with Gasteiger partial charge in [0, 0.05) is 17.2 Å². The summed E-state index contributed by atoms with van der Waals surface area (Å²) in [6, 6.07) is 7.90. The van der Waals surface area contributed by atoms with Crippen molar-refractivity contribution < 1.29 is 17.7 Å². The van der Waals surface area contributed by atoms with Gasteiger partial charge in [0.15, 0.2) is 0 Å². The summed E-state index contributed by atoms with van der Waals surface area (Å²) in [7, 11) is -4.10. The van der Waals surface area contributed by atoms with E-state index in [1.807, 2.05) is 4.72 Å². The number of non-ortho nitro benzene ring substituents is 1. The lowest BCUT2D eigenvalue weighted by Gasteiger charge is -2.09. The minimum atomic E-state index is -4.10. The molecule has 0 fully saturated rings. The molecule has 0 aliphatic rings. The van der Waals surface area contributed by atoms with E-state index in [4.69, 9.17) is 11.6 Å². The van der Waals surface area contributed by atoms with E-state index < -0.39 is 32.1 Å². The number of hydrogen-bond acceptors (Lipinski definition) is 4. The highest BCUT2D eigenvalue weighted by atomic mass is 35.5. The second-order valence-corrected chi connectivity index (χ2v) is 6.10. The summed E-state index contributed by atoms with van der Waals surface area (Å²) in [5.41, 5.74) is -0.940. The third-order valence-electron chi connectivity index (χ3n) is 2.51. The van der Waals surface area contributed by atoms with E-state index >= 15 is 0 Å². The first kappa shape index (κ1) is 15.2. The van der Waals surface area contributed by atoms with Crippen molar-refractivity contribution in [1.29, 1.82) is 0 Å². The Kier molecular flexibility index (Phi) is 4.10. The molecule has 6 nitrogen and oxygen atoms in total. The van der Waals surface area contributed by atoms with Crippen LogP contribution in [0.4, 0.5) is 15.8 Å². The van der Waals surface area contributed by atoms with Gasteiger partial charge >= 0.3 is 0 Å². The highest BCUT2D eigenvalue weighted by Gasteiger charge is 2.19. The Balaban J connectivity index is 2.41. The first-order valence-corrected chi connectivity index (χ1v) is 7.38. The van der Waals surface area contributed by atoms with Crippen molar-refractivity contribution in [2.75, 3.05) is 4.72 Å². The smallest absolute Gasteiger partial charge is 0.271 e. The molecule has 21 heavy (non-hydrogen) atoms. The average molecular weight is 331 g/mol. The van der Waals surface area contributed by atoms with Crippen molar-refractivity contribution in [2.24, 2.45) is 0 Å². The van der Waals surface area contributed by atoms with Crippen molar-refractivity contribution >= 4 is 33.0 Å².